The van der Waals surface area contributed by atoms with Crippen LogP contribution in [0.1, 0.15) is 5.69 Å². The van der Waals surface area contributed by atoms with Gasteiger partial charge < -0.3 is 4.74 Å². The summed E-state index contributed by atoms with van der Waals surface area (Å²) in [4.78, 5) is 3.03. The van der Waals surface area contributed by atoms with Gasteiger partial charge in [-0.15, -0.1) is 13.2 Å². The van der Waals surface area contributed by atoms with Gasteiger partial charge in [0, 0.05) is 6.07 Å². The molecule has 3 nitrogen and oxygen atoms in total. The molecule has 0 atom stereocenters. The summed E-state index contributed by atoms with van der Waals surface area (Å²) < 4.78 is 51.3. The van der Waals surface area contributed by atoms with Gasteiger partial charge in [0.05, 0.1) is 4.47 Å². The number of hydrogen-bond acceptors (Lipinski definition) is 3. The molecule has 1 heterocycles. The lowest BCUT2D eigenvalue weighted by Gasteiger charge is -2.08. The molecule has 8 heteroatoms. The molecule has 1 aromatic rings. The zero-order chi connectivity index (χ0) is 11.6. The Bertz CT molecular complexity index is 426. The third-order valence-electron chi connectivity index (χ3n) is 1.22. The molecule has 0 aliphatic carbocycles. The van der Waals surface area contributed by atoms with Crippen molar-refractivity contribution in [3.8, 4) is 11.9 Å². The number of alkyl halides is 3. The summed E-state index contributed by atoms with van der Waals surface area (Å²) in [6.07, 6.45) is -4.93. The standard InChI is InChI=1S/C7HBrF4N2O/c8-3-1-5(15-7(10,11)12)14-4(2-13)6(3)9/h1H. The topological polar surface area (TPSA) is 45.9 Å². The van der Waals surface area contributed by atoms with Crippen molar-refractivity contribution in [2.24, 2.45) is 0 Å². The zero-order valence-corrected chi connectivity index (χ0v) is 8.36. The summed E-state index contributed by atoms with van der Waals surface area (Å²) in [6, 6.07) is 1.98. The van der Waals surface area contributed by atoms with Gasteiger partial charge >= 0.3 is 6.36 Å². The van der Waals surface area contributed by atoms with Crippen LogP contribution in [-0.2, 0) is 0 Å². The van der Waals surface area contributed by atoms with Gasteiger partial charge in [0.15, 0.2) is 11.5 Å². The van der Waals surface area contributed by atoms with Crippen molar-refractivity contribution >= 4 is 15.9 Å². The van der Waals surface area contributed by atoms with Crippen molar-refractivity contribution in [3.63, 3.8) is 0 Å². The molecular weight excluding hydrogens is 284 g/mol. The number of pyridine rings is 1. The van der Waals surface area contributed by atoms with Crippen LogP contribution in [0, 0.1) is 17.1 Å². The van der Waals surface area contributed by atoms with Gasteiger partial charge in [0.25, 0.3) is 0 Å². The van der Waals surface area contributed by atoms with Crippen molar-refractivity contribution < 1.29 is 22.3 Å². The second-order valence-electron chi connectivity index (χ2n) is 2.26. The second-order valence-corrected chi connectivity index (χ2v) is 3.12. The highest BCUT2D eigenvalue weighted by molar-refractivity contribution is 9.10. The van der Waals surface area contributed by atoms with Crippen LogP contribution < -0.4 is 4.74 Å². The third-order valence-corrected chi connectivity index (χ3v) is 1.79. The van der Waals surface area contributed by atoms with Crippen LogP contribution in [0.5, 0.6) is 5.88 Å². The first-order valence-electron chi connectivity index (χ1n) is 3.35. The summed E-state index contributed by atoms with van der Waals surface area (Å²) in [5, 5.41) is 8.36. The van der Waals surface area contributed by atoms with Gasteiger partial charge in [-0.3, -0.25) is 0 Å². The van der Waals surface area contributed by atoms with Gasteiger partial charge in [0.2, 0.25) is 5.88 Å². The Hall–Kier alpha value is -1.36. The maximum absolute atomic E-state index is 12.9. The normalized spacial score (nSPS) is 10.9. The SMILES string of the molecule is N#Cc1nc(OC(F)(F)F)cc(Br)c1F. The molecule has 0 amide bonds. The number of rotatable bonds is 1. The molecule has 0 bridgehead atoms. The molecule has 0 N–H and O–H groups in total. The van der Waals surface area contributed by atoms with Crippen LogP contribution in [0.4, 0.5) is 17.6 Å². The predicted molar refractivity (Wildman–Crippen MR) is 43.3 cm³/mol. The number of ether oxygens (including phenoxy) is 1. The van der Waals surface area contributed by atoms with E-state index in [1.165, 1.54) is 6.07 Å². The molecular formula is C7HBrF4N2O. The van der Waals surface area contributed by atoms with Crippen LogP contribution >= 0.6 is 15.9 Å². The van der Waals surface area contributed by atoms with Crippen LogP contribution in [0.2, 0.25) is 0 Å². The Morgan fingerprint density at radius 1 is 1.47 bits per heavy atom. The molecule has 15 heavy (non-hydrogen) atoms. The van der Waals surface area contributed by atoms with Crippen LogP contribution in [0.15, 0.2) is 10.5 Å². The minimum atomic E-state index is -4.93. The number of hydrogen-bond donors (Lipinski definition) is 0. The average Bonchev–Trinajstić information content (AvgIpc) is 2.08. The van der Waals surface area contributed by atoms with Gasteiger partial charge in [-0.25, -0.2) is 4.39 Å². The van der Waals surface area contributed by atoms with E-state index in [0.29, 0.717) is 6.07 Å². The van der Waals surface area contributed by atoms with Crippen LogP contribution in [-0.4, -0.2) is 11.3 Å². The van der Waals surface area contributed by atoms with E-state index in [-0.39, 0.29) is 4.47 Å². The molecule has 0 fully saturated rings. The summed E-state index contributed by atoms with van der Waals surface area (Å²) in [5.41, 5.74) is -0.774. The largest absolute Gasteiger partial charge is 0.574 e. The molecule has 0 spiro atoms. The van der Waals surface area contributed by atoms with Crippen molar-refractivity contribution in [1.29, 1.82) is 5.26 Å². The number of halogens is 5. The van der Waals surface area contributed by atoms with E-state index in [2.05, 4.69) is 25.7 Å². The van der Waals surface area contributed by atoms with Crippen molar-refractivity contribution in [2.45, 2.75) is 6.36 Å². The fraction of sp³-hybridized carbons (Fsp3) is 0.143. The van der Waals surface area contributed by atoms with Gasteiger partial charge in [-0.1, -0.05) is 0 Å². The summed E-state index contributed by atoms with van der Waals surface area (Å²) in [7, 11) is 0. The summed E-state index contributed by atoms with van der Waals surface area (Å²) in [5.74, 6) is -1.93. The average molecular weight is 285 g/mol. The van der Waals surface area contributed by atoms with E-state index in [1.807, 2.05) is 0 Å². The highest BCUT2D eigenvalue weighted by atomic mass is 79.9. The molecule has 0 radical (unpaired) electrons. The highest BCUT2D eigenvalue weighted by Gasteiger charge is 2.32. The zero-order valence-electron chi connectivity index (χ0n) is 6.77. The van der Waals surface area contributed by atoms with E-state index >= 15 is 0 Å². The van der Waals surface area contributed by atoms with E-state index in [0.717, 1.165) is 0 Å². The predicted octanol–water partition coefficient (Wildman–Crippen LogP) is 2.75. The Morgan fingerprint density at radius 2 is 2.07 bits per heavy atom. The Balaban J connectivity index is 3.13. The molecule has 0 aliphatic rings. The monoisotopic (exact) mass is 284 g/mol. The fourth-order valence-corrected chi connectivity index (χ4v) is 1.10. The number of aromatic nitrogens is 1. The lowest BCUT2D eigenvalue weighted by molar-refractivity contribution is -0.276. The first kappa shape index (κ1) is 11.7. The lowest BCUT2D eigenvalue weighted by Crippen LogP contribution is -2.18. The van der Waals surface area contributed by atoms with Gasteiger partial charge in [-0.2, -0.15) is 10.2 Å². The molecule has 80 valence electrons. The smallest absolute Gasteiger partial charge is 0.388 e. The van der Waals surface area contributed by atoms with E-state index in [4.69, 9.17) is 5.26 Å². The Morgan fingerprint density at radius 3 is 2.53 bits per heavy atom. The summed E-state index contributed by atoms with van der Waals surface area (Å²) in [6.45, 7) is 0. The lowest BCUT2D eigenvalue weighted by atomic mass is 10.3. The molecule has 0 unspecified atom stereocenters. The maximum atomic E-state index is 12.9. The Labute approximate surface area is 89.4 Å². The first-order chi connectivity index (χ1) is 6.83. The van der Waals surface area contributed by atoms with Crippen molar-refractivity contribution in [3.05, 3.63) is 22.1 Å². The molecule has 0 aromatic carbocycles. The first-order valence-corrected chi connectivity index (χ1v) is 4.14. The minimum absolute atomic E-state index is 0.326. The third kappa shape index (κ3) is 3.06. The summed E-state index contributed by atoms with van der Waals surface area (Å²) >= 11 is 2.63. The molecule has 1 aromatic heterocycles. The highest BCUT2D eigenvalue weighted by Crippen LogP contribution is 2.26. The van der Waals surface area contributed by atoms with Gasteiger partial charge in [0.1, 0.15) is 6.07 Å². The van der Waals surface area contributed by atoms with Crippen LogP contribution in [0.3, 0.4) is 0 Å². The second kappa shape index (κ2) is 4.02. The van der Waals surface area contributed by atoms with E-state index in [1.54, 1.807) is 0 Å². The molecule has 0 saturated carbocycles. The van der Waals surface area contributed by atoms with Gasteiger partial charge in [-0.05, 0) is 15.9 Å². The Kier molecular flexibility index (Phi) is 3.14. The number of nitriles is 1. The molecule has 0 aliphatic heterocycles. The van der Waals surface area contributed by atoms with Crippen molar-refractivity contribution in [1.82, 2.24) is 4.98 Å². The van der Waals surface area contributed by atoms with Crippen molar-refractivity contribution in [2.75, 3.05) is 0 Å². The molecule has 0 saturated heterocycles. The number of nitrogens with zero attached hydrogens (tertiary/aromatic N) is 2. The maximum Gasteiger partial charge on any atom is 0.574 e. The minimum Gasteiger partial charge on any atom is -0.388 e. The van der Waals surface area contributed by atoms with Crippen LogP contribution in [0.25, 0.3) is 0 Å². The quantitative estimate of drug-likeness (QED) is 0.745. The fourth-order valence-electron chi connectivity index (χ4n) is 0.721. The van der Waals surface area contributed by atoms with E-state index < -0.39 is 23.8 Å². The van der Waals surface area contributed by atoms with E-state index in [9.17, 15) is 17.6 Å². The molecule has 1 rings (SSSR count).